The molecule has 0 aliphatic carbocycles. The second-order valence-electron chi connectivity index (χ2n) is 3.17. The number of hydrogen-bond donors (Lipinski definition) is 1. The van der Waals surface area contributed by atoms with Gasteiger partial charge in [-0.1, -0.05) is 19.4 Å². The van der Waals surface area contributed by atoms with E-state index in [2.05, 4.69) is 12.2 Å². The highest BCUT2D eigenvalue weighted by atomic mass is 19.1. The summed E-state index contributed by atoms with van der Waals surface area (Å²) in [5, 5.41) is 2.51. The maximum Gasteiger partial charge on any atom is 0.211 e. The third kappa shape index (κ3) is 2.83. The number of halogens is 1. The van der Waals surface area contributed by atoms with Gasteiger partial charge in [0.2, 0.25) is 6.41 Å². The van der Waals surface area contributed by atoms with Gasteiger partial charge >= 0.3 is 0 Å². The van der Waals surface area contributed by atoms with Crippen LogP contribution in [0.1, 0.15) is 25.3 Å². The van der Waals surface area contributed by atoms with Crippen LogP contribution in [-0.4, -0.2) is 6.41 Å². The first-order valence-electron chi connectivity index (χ1n) is 4.76. The van der Waals surface area contributed by atoms with Gasteiger partial charge in [-0.25, -0.2) is 4.39 Å². The molecule has 0 radical (unpaired) electrons. The number of anilines is 1. The van der Waals surface area contributed by atoms with E-state index in [1.807, 2.05) is 0 Å². The quantitative estimate of drug-likeness (QED) is 0.719. The highest BCUT2D eigenvalue weighted by Crippen LogP contribution is 2.18. The Morgan fingerprint density at radius 1 is 1.50 bits per heavy atom. The van der Waals surface area contributed by atoms with Crippen molar-refractivity contribution < 1.29 is 9.18 Å². The Morgan fingerprint density at radius 3 is 2.93 bits per heavy atom. The van der Waals surface area contributed by atoms with Gasteiger partial charge in [0.15, 0.2) is 0 Å². The van der Waals surface area contributed by atoms with Gasteiger partial charge in [-0.05, 0) is 30.5 Å². The monoisotopic (exact) mass is 195 g/mol. The van der Waals surface area contributed by atoms with Gasteiger partial charge in [0.25, 0.3) is 0 Å². The van der Waals surface area contributed by atoms with Gasteiger partial charge in [-0.15, -0.1) is 0 Å². The maximum absolute atomic E-state index is 12.8. The number of hydrogen-bond acceptors (Lipinski definition) is 1. The van der Waals surface area contributed by atoms with Crippen molar-refractivity contribution in [3.8, 4) is 0 Å². The highest BCUT2D eigenvalue weighted by molar-refractivity contribution is 5.73. The average molecular weight is 195 g/mol. The van der Waals surface area contributed by atoms with Crippen LogP contribution in [0.2, 0.25) is 0 Å². The number of rotatable bonds is 5. The third-order valence-corrected chi connectivity index (χ3v) is 2.09. The molecule has 1 N–H and O–H groups in total. The molecule has 1 rings (SSSR count). The summed E-state index contributed by atoms with van der Waals surface area (Å²) in [5.74, 6) is -0.324. The van der Waals surface area contributed by atoms with Crippen LogP contribution in [0.3, 0.4) is 0 Å². The minimum absolute atomic E-state index is 0.324. The zero-order valence-electron chi connectivity index (χ0n) is 8.22. The predicted molar refractivity (Wildman–Crippen MR) is 54.7 cm³/mol. The number of carbonyl (C=O) groups excluding carboxylic acids is 1. The number of unbranched alkanes of at least 4 members (excludes halogenated alkanes) is 1. The Morgan fingerprint density at radius 2 is 2.29 bits per heavy atom. The molecule has 2 nitrogen and oxygen atoms in total. The van der Waals surface area contributed by atoms with E-state index in [1.165, 1.54) is 12.1 Å². The Hall–Kier alpha value is -1.38. The first kappa shape index (κ1) is 10.7. The molecule has 0 unspecified atom stereocenters. The van der Waals surface area contributed by atoms with Crippen molar-refractivity contribution in [2.75, 3.05) is 5.32 Å². The standard InChI is InChI=1S/C11H14FNO/c1-2-3-4-9-5-6-10(12)7-11(9)13-8-14/h5-8H,2-4H2,1H3,(H,13,14). The Labute approximate surface area is 83.1 Å². The first-order chi connectivity index (χ1) is 6.77. The van der Waals surface area contributed by atoms with Crippen LogP contribution >= 0.6 is 0 Å². The van der Waals surface area contributed by atoms with E-state index in [4.69, 9.17) is 0 Å². The molecule has 0 saturated carbocycles. The van der Waals surface area contributed by atoms with Crippen LogP contribution in [-0.2, 0) is 11.2 Å². The fraction of sp³-hybridized carbons (Fsp3) is 0.364. The molecular formula is C11H14FNO. The second kappa shape index (κ2) is 5.37. The van der Waals surface area contributed by atoms with Crippen molar-refractivity contribution in [1.29, 1.82) is 0 Å². The molecule has 1 aromatic carbocycles. The van der Waals surface area contributed by atoms with Gasteiger partial charge in [-0.3, -0.25) is 4.79 Å². The van der Waals surface area contributed by atoms with Crippen LogP contribution in [0.4, 0.5) is 10.1 Å². The minimum atomic E-state index is -0.324. The summed E-state index contributed by atoms with van der Waals surface area (Å²) in [7, 11) is 0. The number of benzene rings is 1. The third-order valence-electron chi connectivity index (χ3n) is 2.09. The van der Waals surface area contributed by atoms with Crippen LogP contribution < -0.4 is 5.32 Å². The number of aryl methyl sites for hydroxylation is 1. The van der Waals surface area contributed by atoms with E-state index in [9.17, 15) is 9.18 Å². The molecule has 0 fully saturated rings. The van der Waals surface area contributed by atoms with Crippen molar-refractivity contribution in [3.63, 3.8) is 0 Å². The summed E-state index contributed by atoms with van der Waals surface area (Å²) < 4.78 is 12.8. The molecule has 1 amide bonds. The summed E-state index contributed by atoms with van der Waals surface area (Å²) in [6.07, 6.45) is 3.56. The van der Waals surface area contributed by atoms with Gasteiger partial charge < -0.3 is 5.32 Å². The largest absolute Gasteiger partial charge is 0.328 e. The smallest absolute Gasteiger partial charge is 0.211 e. The van der Waals surface area contributed by atoms with Gasteiger partial charge in [0.05, 0.1) is 0 Å². The lowest BCUT2D eigenvalue weighted by atomic mass is 10.1. The van der Waals surface area contributed by atoms with Gasteiger partial charge in [0.1, 0.15) is 5.82 Å². The van der Waals surface area contributed by atoms with E-state index in [0.717, 1.165) is 24.8 Å². The summed E-state index contributed by atoms with van der Waals surface area (Å²) in [4.78, 5) is 10.3. The van der Waals surface area contributed by atoms with Crippen molar-refractivity contribution in [1.82, 2.24) is 0 Å². The highest BCUT2D eigenvalue weighted by Gasteiger charge is 2.02. The van der Waals surface area contributed by atoms with E-state index in [1.54, 1.807) is 6.07 Å². The van der Waals surface area contributed by atoms with E-state index in [-0.39, 0.29) is 5.82 Å². The van der Waals surface area contributed by atoms with Crippen molar-refractivity contribution in [3.05, 3.63) is 29.6 Å². The molecule has 0 heterocycles. The number of amides is 1. The molecule has 0 spiro atoms. The van der Waals surface area contributed by atoms with E-state index in [0.29, 0.717) is 12.1 Å². The molecule has 3 heteroatoms. The first-order valence-corrected chi connectivity index (χ1v) is 4.76. The second-order valence-corrected chi connectivity index (χ2v) is 3.17. The zero-order chi connectivity index (χ0) is 10.4. The lowest BCUT2D eigenvalue weighted by Crippen LogP contribution is -1.99. The predicted octanol–water partition coefficient (Wildman–Crippen LogP) is 2.74. The molecule has 0 aliphatic rings. The Balaban J connectivity index is 2.83. The molecule has 0 saturated heterocycles. The van der Waals surface area contributed by atoms with Crippen LogP contribution in [0.5, 0.6) is 0 Å². The molecule has 0 atom stereocenters. The molecule has 1 aromatic rings. The zero-order valence-corrected chi connectivity index (χ0v) is 8.22. The lowest BCUT2D eigenvalue weighted by Gasteiger charge is -2.07. The number of carbonyl (C=O) groups is 1. The summed E-state index contributed by atoms with van der Waals surface area (Å²) in [5.41, 5.74) is 1.56. The van der Waals surface area contributed by atoms with E-state index >= 15 is 0 Å². The lowest BCUT2D eigenvalue weighted by molar-refractivity contribution is -0.105. The number of nitrogens with one attached hydrogen (secondary N) is 1. The average Bonchev–Trinajstić information content (AvgIpc) is 2.17. The topological polar surface area (TPSA) is 29.1 Å². The van der Waals surface area contributed by atoms with Crippen molar-refractivity contribution >= 4 is 12.1 Å². The van der Waals surface area contributed by atoms with Gasteiger partial charge in [-0.2, -0.15) is 0 Å². The molecule has 0 aromatic heterocycles. The van der Waals surface area contributed by atoms with Crippen molar-refractivity contribution in [2.45, 2.75) is 26.2 Å². The molecule has 0 aliphatic heterocycles. The normalized spacial score (nSPS) is 9.86. The van der Waals surface area contributed by atoms with Crippen LogP contribution in [0.15, 0.2) is 18.2 Å². The minimum Gasteiger partial charge on any atom is -0.328 e. The maximum atomic E-state index is 12.8. The SMILES string of the molecule is CCCCc1ccc(F)cc1NC=O. The van der Waals surface area contributed by atoms with Gasteiger partial charge in [0, 0.05) is 5.69 Å². The Bertz CT molecular complexity index is 312. The summed E-state index contributed by atoms with van der Waals surface area (Å²) >= 11 is 0. The van der Waals surface area contributed by atoms with Crippen LogP contribution in [0, 0.1) is 5.82 Å². The van der Waals surface area contributed by atoms with E-state index < -0.39 is 0 Å². The fourth-order valence-corrected chi connectivity index (χ4v) is 1.33. The summed E-state index contributed by atoms with van der Waals surface area (Å²) in [6.45, 7) is 2.09. The molecule has 0 bridgehead atoms. The fourth-order valence-electron chi connectivity index (χ4n) is 1.33. The molecule has 76 valence electrons. The van der Waals surface area contributed by atoms with Crippen LogP contribution in [0.25, 0.3) is 0 Å². The summed E-state index contributed by atoms with van der Waals surface area (Å²) in [6, 6.07) is 4.48. The van der Waals surface area contributed by atoms with Crippen molar-refractivity contribution in [2.24, 2.45) is 0 Å². The molecule has 14 heavy (non-hydrogen) atoms. The molecular weight excluding hydrogens is 181 g/mol. The Kier molecular flexibility index (Phi) is 4.11.